The van der Waals surface area contributed by atoms with Crippen molar-refractivity contribution in [2.75, 3.05) is 19.8 Å². The molecule has 1 aromatic carbocycles. The summed E-state index contributed by atoms with van der Waals surface area (Å²) in [5.74, 6) is -5.49. The van der Waals surface area contributed by atoms with E-state index < -0.39 is 41.1 Å². The summed E-state index contributed by atoms with van der Waals surface area (Å²) in [5.41, 5.74) is -1.34. The summed E-state index contributed by atoms with van der Waals surface area (Å²) in [6.45, 7) is 6.79. The molecule has 0 bridgehead atoms. The third-order valence-corrected chi connectivity index (χ3v) is 5.02. The van der Waals surface area contributed by atoms with Crippen LogP contribution in [-0.2, 0) is 23.9 Å². The van der Waals surface area contributed by atoms with E-state index in [9.17, 15) is 24.6 Å². The number of aliphatic hydroxyl groups is 1. The van der Waals surface area contributed by atoms with Crippen molar-refractivity contribution in [2.45, 2.75) is 45.6 Å². The van der Waals surface area contributed by atoms with Gasteiger partial charge >= 0.3 is 11.9 Å². The Kier molecular flexibility index (Phi) is 7.24. The molecule has 0 heterocycles. The number of hydrogen-bond donors (Lipinski definition) is 2. The van der Waals surface area contributed by atoms with Crippen LogP contribution in [0.2, 0.25) is 0 Å². The van der Waals surface area contributed by atoms with Gasteiger partial charge in [-0.1, -0.05) is 6.07 Å². The van der Waals surface area contributed by atoms with Gasteiger partial charge in [0.15, 0.2) is 17.3 Å². The quantitative estimate of drug-likeness (QED) is 0.519. The van der Waals surface area contributed by atoms with E-state index >= 15 is 0 Å². The van der Waals surface area contributed by atoms with Gasteiger partial charge in [-0.2, -0.15) is 0 Å². The standard InChI is InChI=1S/C21H28O8/c1-5-27-15-10-12(8-9-13(15)22)16-17(19(24)28-6-2)14(23)11-21(4,26)18(16)20(25)29-7-3/h8-10,16-18,22,26H,5-7,11H2,1-4H3/t16-,17+,18-,21-/m0/s1. The minimum Gasteiger partial charge on any atom is -0.504 e. The van der Waals surface area contributed by atoms with E-state index in [2.05, 4.69) is 0 Å². The highest BCUT2D eigenvalue weighted by Crippen LogP contribution is 2.48. The third-order valence-electron chi connectivity index (χ3n) is 5.02. The molecule has 0 aliphatic heterocycles. The van der Waals surface area contributed by atoms with Gasteiger partial charge in [-0.3, -0.25) is 14.4 Å². The summed E-state index contributed by atoms with van der Waals surface area (Å²) in [6, 6.07) is 4.32. The van der Waals surface area contributed by atoms with Gasteiger partial charge < -0.3 is 24.4 Å². The summed E-state index contributed by atoms with van der Waals surface area (Å²) in [7, 11) is 0. The lowest BCUT2D eigenvalue weighted by Crippen LogP contribution is -2.55. The van der Waals surface area contributed by atoms with E-state index in [0.29, 0.717) is 5.56 Å². The largest absolute Gasteiger partial charge is 0.504 e. The number of phenolic OH excluding ortho intramolecular Hbond substituents is 1. The number of rotatable bonds is 7. The predicted octanol–water partition coefficient (Wildman–Crippen LogP) is 1.96. The molecule has 1 aromatic rings. The third kappa shape index (κ3) is 4.70. The van der Waals surface area contributed by atoms with Crippen molar-refractivity contribution in [3.05, 3.63) is 23.8 Å². The van der Waals surface area contributed by atoms with Gasteiger partial charge in [0.2, 0.25) is 0 Å². The highest BCUT2D eigenvalue weighted by Gasteiger charge is 2.57. The molecule has 1 aliphatic rings. The van der Waals surface area contributed by atoms with Crippen molar-refractivity contribution < 1.29 is 38.8 Å². The van der Waals surface area contributed by atoms with Crippen LogP contribution in [0.4, 0.5) is 0 Å². The second-order valence-corrected chi connectivity index (χ2v) is 7.15. The normalized spacial score (nSPS) is 26.7. The molecule has 160 valence electrons. The zero-order valence-electron chi connectivity index (χ0n) is 17.1. The molecule has 1 saturated carbocycles. The molecule has 0 aromatic heterocycles. The average molecular weight is 408 g/mol. The molecule has 0 spiro atoms. The van der Waals surface area contributed by atoms with Crippen molar-refractivity contribution in [3.63, 3.8) is 0 Å². The van der Waals surface area contributed by atoms with Crippen LogP contribution >= 0.6 is 0 Å². The molecule has 0 unspecified atom stereocenters. The Morgan fingerprint density at radius 2 is 1.72 bits per heavy atom. The van der Waals surface area contributed by atoms with Gasteiger partial charge in [-0.05, 0) is 45.4 Å². The number of carbonyl (C=O) groups excluding carboxylic acids is 3. The number of carbonyl (C=O) groups is 3. The number of esters is 2. The molecule has 8 nitrogen and oxygen atoms in total. The number of ketones is 1. The Labute approximate surface area is 169 Å². The Bertz CT molecular complexity index is 770. The lowest BCUT2D eigenvalue weighted by Gasteiger charge is -2.43. The van der Waals surface area contributed by atoms with Crippen LogP contribution in [0.1, 0.15) is 45.6 Å². The number of benzene rings is 1. The molecule has 2 N–H and O–H groups in total. The summed E-state index contributed by atoms with van der Waals surface area (Å²) in [4.78, 5) is 38.3. The van der Waals surface area contributed by atoms with Gasteiger partial charge in [-0.15, -0.1) is 0 Å². The van der Waals surface area contributed by atoms with E-state index in [1.807, 2.05) is 0 Å². The molecule has 2 rings (SSSR count). The van der Waals surface area contributed by atoms with Crippen molar-refractivity contribution in [1.29, 1.82) is 0 Å². The van der Waals surface area contributed by atoms with Crippen molar-refractivity contribution in [3.8, 4) is 11.5 Å². The highest BCUT2D eigenvalue weighted by molar-refractivity contribution is 6.02. The van der Waals surface area contributed by atoms with E-state index in [4.69, 9.17) is 14.2 Å². The Balaban J connectivity index is 2.66. The maximum absolute atomic E-state index is 12.8. The van der Waals surface area contributed by atoms with Crippen molar-refractivity contribution in [1.82, 2.24) is 0 Å². The molecule has 0 radical (unpaired) electrons. The molecular weight excluding hydrogens is 380 g/mol. The topological polar surface area (TPSA) is 119 Å². The fourth-order valence-electron chi connectivity index (χ4n) is 3.89. The number of phenols is 1. The van der Waals surface area contributed by atoms with Gasteiger partial charge in [0.1, 0.15) is 5.92 Å². The molecule has 29 heavy (non-hydrogen) atoms. The molecule has 1 aliphatic carbocycles. The summed E-state index contributed by atoms with van der Waals surface area (Å²) in [5, 5.41) is 20.9. The Hall–Kier alpha value is -2.61. The van der Waals surface area contributed by atoms with Crippen molar-refractivity contribution in [2.24, 2.45) is 11.8 Å². The van der Waals surface area contributed by atoms with Crippen LogP contribution in [-0.4, -0.2) is 53.4 Å². The summed E-state index contributed by atoms with van der Waals surface area (Å²) < 4.78 is 15.6. The zero-order valence-corrected chi connectivity index (χ0v) is 17.1. The van der Waals surface area contributed by atoms with E-state index in [-0.39, 0.29) is 37.7 Å². The van der Waals surface area contributed by atoms with E-state index in [1.165, 1.54) is 25.1 Å². The van der Waals surface area contributed by atoms with Crippen LogP contribution < -0.4 is 4.74 Å². The van der Waals surface area contributed by atoms with Crippen LogP contribution in [0, 0.1) is 11.8 Å². The molecule has 4 atom stereocenters. The molecule has 0 amide bonds. The number of aromatic hydroxyl groups is 1. The van der Waals surface area contributed by atoms with Crippen LogP contribution in [0.15, 0.2) is 18.2 Å². The second kappa shape index (κ2) is 9.26. The highest BCUT2D eigenvalue weighted by atomic mass is 16.5. The first kappa shape index (κ1) is 22.7. The van der Waals surface area contributed by atoms with E-state index in [0.717, 1.165) is 0 Å². The first-order valence-corrected chi connectivity index (χ1v) is 9.71. The first-order chi connectivity index (χ1) is 13.7. The fraction of sp³-hybridized carbons (Fsp3) is 0.571. The number of hydrogen-bond acceptors (Lipinski definition) is 8. The fourth-order valence-corrected chi connectivity index (χ4v) is 3.89. The SMILES string of the molecule is CCOC(=O)[C@@H]1C(=O)C[C@](C)(O)[C@H](C(=O)OCC)[C@H]1c1ccc(O)c(OCC)c1. The maximum atomic E-state index is 12.8. The van der Waals surface area contributed by atoms with Crippen molar-refractivity contribution >= 4 is 17.7 Å². The average Bonchev–Trinajstić information content (AvgIpc) is 2.62. The predicted molar refractivity (Wildman–Crippen MR) is 103 cm³/mol. The Morgan fingerprint density at radius 3 is 2.31 bits per heavy atom. The number of Topliss-reactive ketones (excluding diaryl/α,β-unsaturated/α-hetero) is 1. The molecular formula is C21H28O8. The van der Waals surface area contributed by atoms with Gasteiger partial charge in [0, 0.05) is 12.3 Å². The van der Waals surface area contributed by atoms with Crippen LogP contribution in [0.3, 0.4) is 0 Å². The van der Waals surface area contributed by atoms with Gasteiger partial charge in [-0.25, -0.2) is 0 Å². The molecule has 0 saturated heterocycles. The molecule has 8 heteroatoms. The summed E-state index contributed by atoms with van der Waals surface area (Å²) >= 11 is 0. The zero-order chi connectivity index (χ0) is 21.8. The monoisotopic (exact) mass is 408 g/mol. The number of ether oxygens (including phenoxy) is 3. The first-order valence-electron chi connectivity index (χ1n) is 9.71. The van der Waals surface area contributed by atoms with Gasteiger partial charge in [0.05, 0.1) is 31.3 Å². The van der Waals surface area contributed by atoms with Crippen LogP contribution in [0.5, 0.6) is 11.5 Å². The Morgan fingerprint density at radius 1 is 1.10 bits per heavy atom. The van der Waals surface area contributed by atoms with Gasteiger partial charge in [0.25, 0.3) is 0 Å². The smallest absolute Gasteiger partial charge is 0.317 e. The lowest BCUT2D eigenvalue weighted by molar-refractivity contribution is -0.172. The second-order valence-electron chi connectivity index (χ2n) is 7.15. The molecule has 1 fully saturated rings. The minimum atomic E-state index is -1.72. The minimum absolute atomic E-state index is 0.0651. The summed E-state index contributed by atoms with van der Waals surface area (Å²) in [6.07, 6.45) is -0.382. The van der Waals surface area contributed by atoms with Crippen LogP contribution in [0.25, 0.3) is 0 Å². The lowest BCUT2D eigenvalue weighted by atomic mass is 9.61. The van der Waals surface area contributed by atoms with E-state index in [1.54, 1.807) is 20.8 Å². The maximum Gasteiger partial charge on any atom is 0.317 e.